The number of rotatable bonds is 7. The van der Waals surface area contributed by atoms with Crippen LogP contribution in [0.15, 0.2) is 54.6 Å². The average molecular weight is 297 g/mol. The summed E-state index contributed by atoms with van der Waals surface area (Å²) < 4.78 is 5.23. The lowest BCUT2D eigenvalue weighted by Gasteiger charge is -2.09. The molecule has 0 aliphatic rings. The van der Waals surface area contributed by atoms with Gasteiger partial charge in [0, 0.05) is 30.5 Å². The van der Waals surface area contributed by atoms with Crippen molar-refractivity contribution in [2.45, 2.75) is 19.4 Å². The highest BCUT2D eigenvalue weighted by Gasteiger charge is 2.09. The molecular weight excluding hydrogens is 278 g/mol. The average Bonchev–Trinajstić information content (AvgIpc) is 2.58. The molecule has 0 saturated heterocycles. The Morgan fingerprint density at radius 1 is 0.955 bits per heavy atom. The molecule has 0 aliphatic carbocycles. The van der Waals surface area contributed by atoms with Crippen molar-refractivity contribution in [3.8, 4) is 5.75 Å². The number of methoxy groups -OCH3 is 1. The fourth-order valence-electron chi connectivity index (χ4n) is 2.13. The minimum absolute atomic E-state index is 0.0203. The minimum atomic E-state index is -0.143. The van der Waals surface area contributed by atoms with Crippen molar-refractivity contribution < 1.29 is 14.3 Å². The van der Waals surface area contributed by atoms with E-state index in [2.05, 4.69) is 5.32 Å². The lowest BCUT2D eigenvalue weighted by molar-refractivity contribution is -0.121. The Balaban J connectivity index is 1.80. The van der Waals surface area contributed by atoms with Crippen molar-refractivity contribution in [3.05, 3.63) is 65.7 Å². The van der Waals surface area contributed by atoms with E-state index >= 15 is 0 Å². The maximum Gasteiger partial charge on any atom is 0.220 e. The third kappa shape index (κ3) is 4.45. The Hall–Kier alpha value is -2.62. The van der Waals surface area contributed by atoms with Crippen molar-refractivity contribution in [1.29, 1.82) is 0 Å². The zero-order chi connectivity index (χ0) is 15.8. The number of ketones is 1. The van der Waals surface area contributed by atoms with Gasteiger partial charge in [0.05, 0.1) is 7.11 Å². The van der Waals surface area contributed by atoms with Gasteiger partial charge in [0.25, 0.3) is 0 Å². The van der Waals surface area contributed by atoms with Gasteiger partial charge < -0.3 is 10.1 Å². The fraction of sp³-hybridized carbons (Fsp3) is 0.222. The molecule has 4 nitrogen and oxygen atoms in total. The van der Waals surface area contributed by atoms with E-state index in [4.69, 9.17) is 4.74 Å². The molecule has 2 rings (SSSR count). The molecule has 0 heterocycles. The van der Waals surface area contributed by atoms with Crippen LogP contribution in [0, 0.1) is 0 Å². The first-order valence-corrected chi connectivity index (χ1v) is 7.17. The number of Topliss-reactive ketones (excluding diaryl/α,β-unsaturated/α-hetero) is 1. The lowest BCUT2D eigenvalue weighted by atomic mass is 10.1. The predicted molar refractivity (Wildman–Crippen MR) is 84.8 cm³/mol. The second-order valence-corrected chi connectivity index (χ2v) is 4.88. The molecule has 0 aliphatic heterocycles. The maximum atomic E-state index is 11.9. The lowest BCUT2D eigenvalue weighted by Crippen LogP contribution is -2.23. The largest absolute Gasteiger partial charge is 0.496 e. The zero-order valence-corrected chi connectivity index (χ0v) is 12.5. The van der Waals surface area contributed by atoms with E-state index in [9.17, 15) is 9.59 Å². The summed E-state index contributed by atoms with van der Waals surface area (Å²) in [5.74, 6) is 0.575. The summed E-state index contributed by atoms with van der Waals surface area (Å²) in [6.45, 7) is 0.391. The summed E-state index contributed by atoms with van der Waals surface area (Å²) in [5.41, 5.74) is 1.55. The first-order valence-electron chi connectivity index (χ1n) is 7.17. The molecule has 2 aromatic carbocycles. The van der Waals surface area contributed by atoms with E-state index in [1.54, 1.807) is 19.2 Å². The van der Waals surface area contributed by atoms with E-state index < -0.39 is 0 Å². The number of carbonyl (C=O) groups is 2. The Kier molecular flexibility index (Phi) is 5.72. The van der Waals surface area contributed by atoms with E-state index in [1.807, 2.05) is 42.5 Å². The molecule has 114 valence electrons. The molecule has 0 unspecified atom stereocenters. The molecule has 0 spiro atoms. The Labute approximate surface area is 130 Å². The van der Waals surface area contributed by atoms with Crippen LogP contribution in [0.5, 0.6) is 5.75 Å². The SMILES string of the molecule is COc1ccccc1CNC(=O)CCC(=O)c1ccccc1. The summed E-state index contributed by atoms with van der Waals surface area (Å²) >= 11 is 0. The van der Waals surface area contributed by atoms with Gasteiger partial charge in [0.15, 0.2) is 5.78 Å². The van der Waals surface area contributed by atoms with Crippen LogP contribution in [0.3, 0.4) is 0 Å². The molecular formula is C18H19NO3. The molecule has 0 aromatic heterocycles. The van der Waals surface area contributed by atoms with Crippen LogP contribution in [-0.4, -0.2) is 18.8 Å². The Morgan fingerprint density at radius 2 is 1.64 bits per heavy atom. The minimum Gasteiger partial charge on any atom is -0.496 e. The second-order valence-electron chi connectivity index (χ2n) is 4.88. The van der Waals surface area contributed by atoms with Crippen LogP contribution >= 0.6 is 0 Å². The van der Waals surface area contributed by atoms with E-state index in [0.717, 1.165) is 11.3 Å². The molecule has 0 saturated carbocycles. The number of nitrogens with one attached hydrogen (secondary N) is 1. The molecule has 0 atom stereocenters. The zero-order valence-electron chi connectivity index (χ0n) is 12.5. The topological polar surface area (TPSA) is 55.4 Å². The summed E-state index contributed by atoms with van der Waals surface area (Å²) in [7, 11) is 1.60. The number of hydrogen-bond acceptors (Lipinski definition) is 3. The fourth-order valence-corrected chi connectivity index (χ4v) is 2.13. The number of benzene rings is 2. The smallest absolute Gasteiger partial charge is 0.220 e. The second kappa shape index (κ2) is 7.98. The van der Waals surface area contributed by atoms with Gasteiger partial charge in [-0.15, -0.1) is 0 Å². The van der Waals surface area contributed by atoms with E-state index in [-0.39, 0.29) is 24.5 Å². The maximum absolute atomic E-state index is 11.9. The normalized spacial score (nSPS) is 10.0. The van der Waals surface area contributed by atoms with Gasteiger partial charge >= 0.3 is 0 Å². The Bertz CT molecular complexity index is 638. The van der Waals surface area contributed by atoms with E-state index in [1.165, 1.54) is 0 Å². The quantitative estimate of drug-likeness (QED) is 0.799. The summed E-state index contributed by atoms with van der Waals surface area (Å²) in [6.07, 6.45) is 0.393. The highest BCUT2D eigenvalue weighted by atomic mass is 16.5. The molecule has 0 radical (unpaired) electrons. The van der Waals surface area contributed by atoms with Gasteiger partial charge in [0.1, 0.15) is 5.75 Å². The van der Waals surface area contributed by atoms with Crippen LogP contribution in [0.4, 0.5) is 0 Å². The third-order valence-electron chi connectivity index (χ3n) is 3.34. The van der Waals surface area contributed by atoms with Gasteiger partial charge in [-0.2, -0.15) is 0 Å². The standard InChI is InChI=1S/C18H19NO3/c1-22-17-10-6-5-9-15(17)13-19-18(21)12-11-16(20)14-7-3-2-4-8-14/h2-10H,11-13H2,1H3,(H,19,21). The van der Waals surface area contributed by atoms with Gasteiger partial charge in [-0.25, -0.2) is 0 Å². The number of ether oxygens (including phenoxy) is 1. The molecule has 2 aromatic rings. The highest BCUT2D eigenvalue weighted by Crippen LogP contribution is 2.16. The molecule has 1 amide bonds. The highest BCUT2D eigenvalue weighted by molar-refractivity contribution is 5.97. The van der Waals surface area contributed by atoms with Gasteiger partial charge in [-0.05, 0) is 6.07 Å². The molecule has 0 fully saturated rings. The first kappa shape index (κ1) is 15.8. The number of amides is 1. The molecule has 22 heavy (non-hydrogen) atoms. The van der Waals surface area contributed by atoms with Gasteiger partial charge in [0.2, 0.25) is 5.91 Å². The Morgan fingerprint density at radius 3 is 2.36 bits per heavy atom. The van der Waals surface area contributed by atoms with Crippen molar-refractivity contribution in [2.75, 3.05) is 7.11 Å². The van der Waals surface area contributed by atoms with Crippen LogP contribution in [0.25, 0.3) is 0 Å². The van der Waals surface area contributed by atoms with Crippen molar-refractivity contribution in [3.63, 3.8) is 0 Å². The van der Waals surface area contributed by atoms with E-state index in [0.29, 0.717) is 12.1 Å². The summed E-state index contributed by atoms with van der Waals surface area (Å²) in [6, 6.07) is 16.5. The number of carbonyl (C=O) groups excluding carboxylic acids is 2. The third-order valence-corrected chi connectivity index (χ3v) is 3.34. The van der Waals surface area contributed by atoms with Crippen molar-refractivity contribution in [1.82, 2.24) is 5.32 Å². The predicted octanol–water partition coefficient (Wildman–Crippen LogP) is 2.97. The number of hydrogen-bond donors (Lipinski definition) is 1. The van der Waals surface area contributed by atoms with Crippen LogP contribution in [0.1, 0.15) is 28.8 Å². The van der Waals surface area contributed by atoms with Crippen molar-refractivity contribution >= 4 is 11.7 Å². The first-order chi connectivity index (χ1) is 10.7. The van der Waals surface area contributed by atoms with Crippen LogP contribution < -0.4 is 10.1 Å². The summed E-state index contributed by atoms with van der Waals surface area (Å²) in [5, 5.41) is 2.81. The summed E-state index contributed by atoms with van der Waals surface area (Å²) in [4.78, 5) is 23.8. The number of para-hydroxylation sites is 1. The van der Waals surface area contributed by atoms with Gasteiger partial charge in [-0.1, -0.05) is 48.5 Å². The van der Waals surface area contributed by atoms with Crippen LogP contribution in [0.2, 0.25) is 0 Å². The van der Waals surface area contributed by atoms with Crippen molar-refractivity contribution in [2.24, 2.45) is 0 Å². The monoisotopic (exact) mass is 297 g/mol. The van der Waals surface area contributed by atoms with Gasteiger partial charge in [-0.3, -0.25) is 9.59 Å². The molecule has 1 N–H and O–H groups in total. The molecule has 4 heteroatoms. The molecule has 0 bridgehead atoms. The van der Waals surface area contributed by atoms with Crippen LogP contribution in [-0.2, 0) is 11.3 Å².